The number of benzene rings is 1. The van der Waals surface area contributed by atoms with Crippen molar-refractivity contribution in [3.05, 3.63) is 34.9 Å². The van der Waals surface area contributed by atoms with Gasteiger partial charge in [0.25, 0.3) is 0 Å². The molecule has 0 spiro atoms. The predicted molar refractivity (Wildman–Crippen MR) is 81.4 cm³/mol. The Morgan fingerprint density at radius 1 is 1.38 bits per heavy atom. The highest BCUT2D eigenvalue weighted by atomic mass is 35.5. The fourth-order valence-electron chi connectivity index (χ4n) is 2.72. The summed E-state index contributed by atoms with van der Waals surface area (Å²) < 4.78 is 0. The van der Waals surface area contributed by atoms with Crippen LogP contribution in [0.25, 0.3) is 0 Å². The first-order chi connectivity index (χ1) is 10.0. The number of rotatable bonds is 5. The Bertz CT molecular complexity index is 515. The summed E-state index contributed by atoms with van der Waals surface area (Å²) in [6.45, 7) is 2.43. The van der Waals surface area contributed by atoms with Gasteiger partial charge in [0.15, 0.2) is 5.78 Å². The summed E-state index contributed by atoms with van der Waals surface area (Å²) in [5.74, 6) is -0.486. The van der Waals surface area contributed by atoms with Crippen LogP contribution in [0.15, 0.2) is 24.3 Å². The van der Waals surface area contributed by atoms with Crippen molar-refractivity contribution in [2.75, 3.05) is 13.2 Å². The molecule has 0 saturated carbocycles. The fourth-order valence-corrected chi connectivity index (χ4v) is 2.85. The van der Waals surface area contributed by atoms with Crippen LogP contribution in [0.5, 0.6) is 0 Å². The van der Waals surface area contributed by atoms with Crippen LogP contribution < -0.4 is 0 Å². The van der Waals surface area contributed by atoms with E-state index >= 15 is 0 Å². The number of carbonyl (C=O) groups is 2. The molecule has 1 saturated heterocycles. The van der Waals surface area contributed by atoms with Gasteiger partial charge in [-0.1, -0.05) is 18.5 Å². The first-order valence-electron chi connectivity index (χ1n) is 7.23. The van der Waals surface area contributed by atoms with Gasteiger partial charge >= 0.3 is 0 Å². The van der Waals surface area contributed by atoms with Gasteiger partial charge in [-0.25, -0.2) is 0 Å². The minimum atomic E-state index is -0.376. The van der Waals surface area contributed by atoms with Gasteiger partial charge in [0, 0.05) is 29.5 Å². The number of likely N-dealkylation sites (tertiary alicyclic amines) is 1. The molecule has 1 heterocycles. The maximum atomic E-state index is 12.3. The third kappa shape index (κ3) is 3.83. The average molecular weight is 310 g/mol. The van der Waals surface area contributed by atoms with Crippen molar-refractivity contribution in [2.24, 2.45) is 5.92 Å². The molecule has 114 valence electrons. The van der Waals surface area contributed by atoms with Crippen molar-refractivity contribution < 1.29 is 14.7 Å². The van der Waals surface area contributed by atoms with Crippen LogP contribution in [0.3, 0.4) is 0 Å². The smallest absolute Gasteiger partial charge is 0.223 e. The molecule has 1 aliphatic heterocycles. The fraction of sp³-hybridized carbons (Fsp3) is 0.500. The summed E-state index contributed by atoms with van der Waals surface area (Å²) in [5.41, 5.74) is 0.569. The number of aliphatic hydroxyl groups excluding tert-OH is 1. The first-order valence-corrected chi connectivity index (χ1v) is 7.61. The van der Waals surface area contributed by atoms with E-state index in [-0.39, 0.29) is 36.7 Å². The highest BCUT2D eigenvalue weighted by Gasteiger charge is 2.30. The van der Waals surface area contributed by atoms with Crippen LogP contribution in [0.1, 0.15) is 36.5 Å². The van der Waals surface area contributed by atoms with Gasteiger partial charge in [-0.3, -0.25) is 9.59 Å². The normalized spacial score (nSPS) is 19.6. The lowest BCUT2D eigenvalue weighted by molar-refractivity contribution is -0.133. The van der Waals surface area contributed by atoms with Crippen molar-refractivity contribution in [3.63, 3.8) is 0 Å². The SMILES string of the molecule is CC(CC(=O)N1CCC[C@@H]1CO)C(=O)c1ccc(Cl)cc1. The number of aliphatic hydroxyl groups is 1. The van der Waals surface area contributed by atoms with E-state index < -0.39 is 0 Å². The van der Waals surface area contributed by atoms with Gasteiger partial charge in [0.1, 0.15) is 0 Å². The average Bonchev–Trinajstić information content (AvgIpc) is 2.95. The second kappa shape index (κ2) is 7.05. The molecule has 1 aromatic rings. The standard InChI is InChI=1S/C16H20ClNO3/c1-11(16(21)12-4-6-13(17)7-5-12)9-15(20)18-8-2-3-14(18)10-19/h4-7,11,14,19H,2-3,8-10H2,1H3/t11?,14-/m1/s1. The van der Waals surface area contributed by atoms with Gasteiger partial charge in [0.2, 0.25) is 5.91 Å². The van der Waals surface area contributed by atoms with E-state index in [0.29, 0.717) is 17.1 Å². The lowest BCUT2D eigenvalue weighted by Gasteiger charge is -2.24. The molecule has 1 aromatic carbocycles. The minimum Gasteiger partial charge on any atom is -0.394 e. The Labute approximate surface area is 129 Å². The molecule has 4 nitrogen and oxygen atoms in total. The van der Waals surface area contributed by atoms with Gasteiger partial charge in [-0.15, -0.1) is 0 Å². The van der Waals surface area contributed by atoms with E-state index in [1.54, 1.807) is 36.1 Å². The second-order valence-electron chi connectivity index (χ2n) is 5.54. The summed E-state index contributed by atoms with van der Waals surface area (Å²) >= 11 is 5.80. The molecule has 0 bridgehead atoms. The van der Waals surface area contributed by atoms with Crippen LogP contribution in [-0.4, -0.2) is 40.9 Å². The molecule has 1 aliphatic rings. The Hall–Kier alpha value is -1.39. The zero-order valence-corrected chi connectivity index (χ0v) is 12.8. The molecule has 1 N–H and O–H groups in total. The number of halogens is 1. The molecular formula is C16H20ClNO3. The quantitative estimate of drug-likeness (QED) is 0.850. The van der Waals surface area contributed by atoms with Crippen LogP contribution in [0, 0.1) is 5.92 Å². The molecule has 0 aromatic heterocycles. The van der Waals surface area contributed by atoms with Crippen molar-refractivity contribution in [1.82, 2.24) is 4.90 Å². The molecule has 2 atom stereocenters. The number of amides is 1. The molecule has 0 radical (unpaired) electrons. The Morgan fingerprint density at radius 2 is 2.05 bits per heavy atom. The number of ketones is 1. The van der Waals surface area contributed by atoms with E-state index in [2.05, 4.69) is 0 Å². The van der Waals surface area contributed by atoms with Crippen LogP contribution in [0.2, 0.25) is 5.02 Å². The number of hydrogen-bond donors (Lipinski definition) is 1. The first kappa shape index (κ1) is 16.0. The van der Waals surface area contributed by atoms with Crippen LogP contribution in [0.4, 0.5) is 0 Å². The van der Waals surface area contributed by atoms with Gasteiger partial charge in [-0.2, -0.15) is 0 Å². The largest absolute Gasteiger partial charge is 0.394 e. The van der Waals surface area contributed by atoms with E-state index in [1.165, 1.54) is 0 Å². The summed E-state index contributed by atoms with van der Waals surface area (Å²) in [4.78, 5) is 26.3. The van der Waals surface area contributed by atoms with Gasteiger partial charge < -0.3 is 10.0 Å². The summed E-state index contributed by atoms with van der Waals surface area (Å²) in [6.07, 6.45) is 1.93. The maximum absolute atomic E-state index is 12.3. The third-order valence-electron chi connectivity index (χ3n) is 3.97. The number of Topliss-reactive ketones (excluding diaryl/α,β-unsaturated/α-hetero) is 1. The highest BCUT2D eigenvalue weighted by molar-refractivity contribution is 6.30. The summed E-state index contributed by atoms with van der Waals surface area (Å²) in [7, 11) is 0. The molecule has 1 unspecified atom stereocenters. The van der Waals surface area contributed by atoms with Crippen molar-refractivity contribution in [3.8, 4) is 0 Å². The van der Waals surface area contributed by atoms with Gasteiger partial charge in [0.05, 0.1) is 12.6 Å². The molecule has 1 fully saturated rings. The Kier molecular flexibility index (Phi) is 5.37. The molecule has 21 heavy (non-hydrogen) atoms. The summed E-state index contributed by atoms with van der Waals surface area (Å²) in [5, 5.41) is 9.84. The number of carbonyl (C=O) groups excluding carboxylic acids is 2. The molecule has 0 aliphatic carbocycles. The monoisotopic (exact) mass is 309 g/mol. The van der Waals surface area contributed by atoms with E-state index in [0.717, 1.165) is 12.8 Å². The minimum absolute atomic E-state index is 0.00868. The summed E-state index contributed by atoms with van der Waals surface area (Å²) in [6, 6.07) is 6.61. The zero-order chi connectivity index (χ0) is 15.4. The van der Waals surface area contributed by atoms with E-state index in [9.17, 15) is 14.7 Å². The lowest BCUT2D eigenvalue weighted by Crippen LogP contribution is -2.38. The topological polar surface area (TPSA) is 57.6 Å². The molecule has 2 rings (SSSR count). The Morgan fingerprint density at radius 3 is 2.67 bits per heavy atom. The van der Waals surface area contributed by atoms with E-state index in [1.807, 2.05) is 0 Å². The van der Waals surface area contributed by atoms with Crippen molar-refractivity contribution in [2.45, 2.75) is 32.2 Å². The van der Waals surface area contributed by atoms with Crippen molar-refractivity contribution >= 4 is 23.3 Å². The molecular weight excluding hydrogens is 290 g/mol. The maximum Gasteiger partial charge on any atom is 0.223 e. The zero-order valence-electron chi connectivity index (χ0n) is 12.1. The molecule has 5 heteroatoms. The third-order valence-corrected chi connectivity index (χ3v) is 4.22. The van der Waals surface area contributed by atoms with E-state index in [4.69, 9.17) is 11.6 Å². The number of nitrogens with zero attached hydrogens (tertiary/aromatic N) is 1. The van der Waals surface area contributed by atoms with Crippen molar-refractivity contribution in [1.29, 1.82) is 0 Å². The Balaban J connectivity index is 1.97. The molecule has 1 amide bonds. The second-order valence-corrected chi connectivity index (χ2v) is 5.98. The lowest BCUT2D eigenvalue weighted by atomic mass is 9.96. The van der Waals surface area contributed by atoms with Crippen LogP contribution >= 0.6 is 11.6 Å². The predicted octanol–water partition coefficient (Wildman–Crippen LogP) is 2.53. The highest BCUT2D eigenvalue weighted by Crippen LogP contribution is 2.21. The number of hydrogen-bond acceptors (Lipinski definition) is 3. The van der Waals surface area contributed by atoms with Crippen LogP contribution in [-0.2, 0) is 4.79 Å². The van der Waals surface area contributed by atoms with Gasteiger partial charge in [-0.05, 0) is 37.1 Å².